The highest BCUT2D eigenvalue weighted by molar-refractivity contribution is 6.04. The van der Waals surface area contributed by atoms with E-state index in [1.807, 2.05) is 0 Å². The van der Waals surface area contributed by atoms with Gasteiger partial charge in [-0.05, 0) is 37.3 Å². The molecule has 3 aromatic rings. The number of rotatable bonds is 9. The highest BCUT2D eigenvalue weighted by Gasteiger charge is 2.14. The smallest absolute Gasteiger partial charge is 0.330 e. The number of anilines is 1. The molecular formula is C22H21N5O6. The molecule has 3 rings (SSSR count). The van der Waals surface area contributed by atoms with Crippen molar-refractivity contribution in [3.8, 4) is 5.75 Å². The molecule has 11 nitrogen and oxygen atoms in total. The number of amides is 1. The minimum atomic E-state index is -0.703. The second kappa shape index (κ2) is 10.6. The molecule has 0 fully saturated rings. The van der Waals surface area contributed by atoms with Gasteiger partial charge in [0.05, 0.1) is 11.0 Å². The molecule has 0 unspecified atom stereocenters. The maximum Gasteiger partial charge on any atom is 0.330 e. The van der Waals surface area contributed by atoms with Crippen LogP contribution < -0.4 is 15.7 Å². The zero-order valence-electron chi connectivity index (χ0n) is 17.6. The van der Waals surface area contributed by atoms with E-state index in [-0.39, 0.29) is 30.4 Å². The molecule has 33 heavy (non-hydrogen) atoms. The Morgan fingerprint density at radius 3 is 2.67 bits per heavy atom. The third kappa shape index (κ3) is 6.17. The van der Waals surface area contributed by atoms with Gasteiger partial charge in [-0.3, -0.25) is 4.79 Å². The number of benzene rings is 2. The van der Waals surface area contributed by atoms with Crippen LogP contribution in [0.4, 0.5) is 11.4 Å². The van der Waals surface area contributed by atoms with E-state index in [0.29, 0.717) is 28.2 Å². The van der Waals surface area contributed by atoms with E-state index in [1.54, 1.807) is 42.5 Å². The zero-order valence-corrected chi connectivity index (χ0v) is 17.6. The van der Waals surface area contributed by atoms with Crippen LogP contribution in [0.5, 0.6) is 5.75 Å². The second-order valence-corrected chi connectivity index (χ2v) is 6.62. The van der Waals surface area contributed by atoms with Crippen LogP contribution in [0.15, 0.2) is 81.6 Å². The van der Waals surface area contributed by atoms with Gasteiger partial charge in [0.25, 0.3) is 5.91 Å². The van der Waals surface area contributed by atoms with E-state index in [0.717, 1.165) is 6.08 Å². The summed E-state index contributed by atoms with van der Waals surface area (Å²) in [5, 5.41) is 20.5. The summed E-state index contributed by atoms with van der Waals surface area (Å²) in [7, 11) is 0. The van der Waals surface area contributed by atoms with Gasteiger partial charge in [-0.15, -0.1) is 10.2 Å². The number of carbonyl (C=O) groups excluding carboxylic acids is 2. The molecule has 0 aliphatic heterocycles. The Balaban J connectivity index is 1.71. The molecule has 1 amide bonds. The number of aromatic amines is 2. The van der Waals surface area contributed by atoms with Crippen molar-refractivity contribution < 1.29 is 24.2 Å². The summed E-state index contributed by atoms with van der Waals surface area (Å²) >= 11 is 0. The minimum Gasteiger partial charge on any atom is -0.510 e. The van der Waals surface area contributed by atoms with Crippen molar-refractivity contribution in [3.63, 3.8) is 0 Å². The van der Waals surface area contributed by atoms with Crippen molar-refractivity contribution >= 4 is 34.3 Å². The van der Waals surface area contributed by atoms with Crippen LogP contribution in [0.25, 0.3) is 11.0 Å². The van der Waals surface area contributed by atoms with Crippen molar-refractivity contribution in [1.82, 2.24) is 9.97 Å². The van der Waals surface area contributed by atoms with Gasteiger partial charge in [-0.2, -0.15) is 0 Å². The normalized spacial score (nSPS) is 11.8. The van der Waals surface area contributed by atoms with Crippen molar-refractivity contribution in [2.75, 3.05) is 18.5 Å². The third-order valence-corrected chi connectivity index (χ3v) is 4.21. The summed E-state index contributed by atoms with van der Waals surface area (Å²) in [6.07, 6.45) is 1.05. The minimum absolute atomic E-state index is 0.0103. The van der Waals surface area contributed by atoms with Crippen molar-refractivity contribution in [2.24, 2.45) is 10.2 Å². The number of allylic oxidation sites excluding steroid dienone is 1. The molecule has 11 heteroatoms. The highest BCUT2D eigenvalue weighted by Crippen LogP contribution is 2.28. The number of nitrogens with one attached hydrogen (secondary N) is 3. The largest absolute Gasteiger partial charge is 0.510 e. The number of hydrogen-bond acceptors (Lipinski definition) is 8. The number of aliphatic hydroxyl groups is 1. The van der Waals surface area contributed by atoms with Gasteiger partial charge in [0, 0.05) is 11.8 Å². The van der Waals surface area contributed by atoms with Gasteiger partial charge < -0.3 is 29.9 Å². The number of azo groups is 1. The first-order valence-electron chi connectivity index (χ1n) is 9.73. The summed E-state index contributed by atoms with van der Waals surface area (Å²) in [6.45, 7) is 4.69. The van der Waals surface area contributed by atoms with Gasteiger partial charge in [0.15, 0.2) is 5.70 Å². The Labute approximate surface area is 187 Å². The summed E-state index contributed by atoms with van der Waals surface area (Å²) in [4.78, 5) is 40.3. The molecule has 0 aliphatic rings. The van der Waals surface area contributed by atoms with E-state index in [4.69, 9.17) is 9.47 Å². The summed E-state index contributed by atoms with van der Waals surface area (Å²) in [5.74, 6) is -1.27. The number of ether oxygens (including phenoxy) is 2. The van der Waals surface area contributed by atoms with Crippen molar-refractivity contribution in [3.05, 3.63) is 77.1 Å². The number of fused-ring (bicyclic) bond motifs is 1. The Kier molecular flexibility index (Phi) is 7.37. The Morgan fingerprint density at radius 1 is 1.15 bits per heavy atom. The molecule has 4 N–H and O–H groups in total. The van der Waals surface area contributed by atoms with E-state index in [9.17, 15) is 19.5 Å². The Bertz CT molecular complexity index is 1300. The van der Waals surface area contributed by atoms with Crippen LogP contribution in [-0.2, 0) is 14.3 Å². The molecule has 0 bridgehead atoms. The van der Waals surface area contributed by atoms with Gasteiger partial charge >= 0.3 is 11.7 Å². The fourth-order valence-corrected chi connectivity index (χ4v) is 2.70. The SMILES string of the molecule is C=CC(=O)OCCOc1ccccc1N=N/C(C(=O)Nc1ccc2[nH]c(=O)[nH]c2c1)=C(\C)O. The molecule has 0 atom stereocenters. The Morgan fingerprint density at radius 2 is 1.91 bits per heavy atom. The number of imidazole rings is 1. The number of H-pyrrole nitrogens is 2. The van der Waals surface area contributed by atoms with Crippen LogP contribution in [0.2, 0.25) is 0 Å². The van der Waals surface area contributed by atoms with Crippen LogP contribution in [-0.4, -0.2) is 40.2 Å². The second-order valence-electron chi connectivity index (χ2n) is 6.62. The van der Waals surface area contributed by atoms with Crippen LogP contribution in [0.1, 0.15) is 6.92 Å². The van der Waals surface area contributed by atoms with Crippen LogP contribution in [0, 0.1) is 0 Å². The molecule has 1 aromatic heterocycles. The third-order valence-electron chi connectivity index (χ3n) is 4.21. The number of esters is 1. The highest BCUT2D eigenvalue weighted by atomic mass is 16.6. The molecule has 0 radical (unpaired) electrons. The number of hydrogen-bond donors (Lipinski definition) is 4. The lowest BCUT2D eigenvalue weighted by molar-refractivity contribution is -0.138. The molecule has 0 aliphatic carbocycles. The molecule has 2 aromatic carbocycles. The number of para-hydroxylation sites is 1. The molecular weight excluding hydrogens is 430 g/mol. The van der Waals surface area contributed by atoms with Crippen LogP contribution in [0.3, 0.4) is 0 Å². The van der Waals surface area contributed by atoms with Gasteiger partial charge in [-0.1, -0.05) is 18.7 Å². The molecule has 0 saturated heterocycles. The molecule has 170 valence electrons. The first-order chi connectivity index (χ1) is 15.9. The van der Waals surface area contributed by atoms with E-state index in [1.165, 1.54) is 6.92 Å². The Hall–Kier alpha value is -4.67. The van der Waals surface area contributed by atoms with E-state index in [2.05, 4.69) is 32.1 Å². The summed E-state index contributed by atoms with van der Waals surface area (Å²) in [5.41, 5.74) is 1.10. The fourth-order valence-electron chi connectivity index (χ4n) is 2.70. The predicted octanol–water partition coefficient (Wildman–Crippen LogP) is 3.48. The lowest BCUT2D eigenvalue weighted by Crippen LogP contribution is -2.14. The zero-order chi connectivity index (χ0) is 23.8. The van der Waals surface area contributed by atoms with Gasteiger partial charge in [0.1, 0.15) is 30.4 Å². The number of aromatic nitrogens is 2. The maximum absolute atomic E-state index is 12.7. The van der Waals surface area contributed by atoms with Crippen molar-refractivity contribution in [2.45, 2.75) is 6.92 Å². The molecule has 0 saturated carbocycles. The monoisotopic (exact) mass is 451 g/mol. The van der Waals surface area contributed by atoms with Gasteiger partial charge in [0.2, 0.25) is 0 Å². The first-order valence-corrected chi connectivity index (χ1v) is 9.73. The average Bonchev–Trinajstić information content (AvgIpc) is 3.16. The lowest BCUT2D eigenvalue weighted by atomic mass is 10.2. The summed E-state index contributed by atoms with van der Waals surface area (Å²) < 4.78 is 10.4. The standard InChI is InChI=1S/C22H21N5O6/c1-3-19(29)33-11-10-32-18-7-5-4-6-16(18)26-27-20(13(2)28)21(30)23-14-8-9-15-17(12-14)25-22(31)24-15/h3-9,12,28H,1,10-11H2,2H3,(H,23,30)(H2,24,25,31)/b20-13+,27-26?. The number of carbonyl (C=O) groups is 2. The molecule has 0 spiro atoms. The van der Waals surface area contributed by atoms with Crippen LogP contribution >= 0.6 is 0 Å². The number of aliphatic hydroxyl groups excluding tert-OH is 1. The summed E-state index contributed by atoms with van der Waals surface area (Å²) in [6, 6.07) is 11.4. The maximum atomic E-state index is 12.7. The van der Waals surface area contributed by atoms with Gasteiger partial charge in [-0.25, -0.2) is 9.59 Å². The topological polar surface area (TPSA) is 158 Å². The predicted molar refractivity (Wildman–Crippen MR) is 120 cm³/mol. The van der Waals surface area contributed by atoms with E-state index >= 15 is 0 Å². The first kappa shape index (κ1) is 23.0. The fraction of sp³-hybridized carbons (Fsp3) is 0.136. The lowest BCUT2D eigenvalue weighted by Gasteiger charge is -2.09. The molecule has 1 heterocycles. The number of nitrogens with zero attached hydrogens (tertiary/aromatic N) is 2. The average molecular weight is 451 g/mol. The quantitative estimate of drug-likeness (QED) is 0.128. The van der Waals surface area contributed by atoms with Crippen molar-refractivity contribution in [1.29, 1.82) is 0 Å². The van der Waals surface area contributed by atoms with E-state index < -0.39 is 11.9 Å².